The van der Waals surface area contributed by atoms with Gasteiger partial charge in [0, 0.05) is 6.04 Å². The summed E-state index contributed by atoms with van der Waals surface area (Å²) in [6, 6.07) is 13.6. The second-order valence-corrected chi connectivity index (χ2v) is 5.51. The molecular formula is C17H21NO. The van der Waals surface area contributed by atoms with Crippen LogP contribution in [0.15, 0.2) is 36.4 Å². The molecule has 1 heterocycles. The Kier molecular flexibility index (Phi) is 3.43. The monoisotopic (exact) mass is 255 g/mol. The van der Waals surface area contributed by atoms with E-state index in [-0.39, 0.29) is 0 Å². The lowest BCUT2D eigenvalue weighted by Gasteiger charge is -2.29. The highest BCUT2D eigenvalue weighted by atomic mass is 16.5. The van der Waals surface area contributed by atoms with Crippen LogP contribution < -0.4 is 10.1 Å². The molecule has 2 heteroatoms. The van der Waals surface area contributed by atoms with Crippen LogP contribution in [0.2, 0.25) is 0 Å². The maximum atomic E-state index is 5.31. The van der Waals surface area contributed by atoms with Crippen molar-refractivity contribution in [3.8, 4) is 5.75 Å². The Morgan fingerprint density at radius 3 is 2.89 bits per heavy atom. The molecular weight excluding hydrogens is 234 g/mol. The fourth-order valence-corrected chi connectivity index (χ4v) is 3.18. The van der Waals surface area contributed by atoms with Crippen molar-refractivity contribution in [3.63, 3.8) is 0 Å². The van der Waals surface area contributed by atoms with Gasteiger partial charge in [-0.25, -0.2) is 0 Å². The predicted octanol–water partition coefficient (Wildman–Crippen LogP) is 3.70. The zero-order valence-corrected chi connectivity index (χ0v) is 11.6. The Balaban J connectivity index is 2.03. The van der Waals surface area contributed by atoms with E-state index in [1.165, 1.54) is 29.2 Å². The van der Waals surface area contributed by atoms with Crippen molar-refractivity contribution in [2.75, 3.05) is 13.7 Å². The molecule has 0 spiro atoms. The maximum Gasteiger partial charge on any atom is 0.119 e. The van der Waals surface area contributed by atoms with Crippen LogP contribution in [-0.4, -0.2) is 19.7 Å². The smallest absolute Gasteiger partial charge is 0.119 e. The molecule has 2 aromatic rings. The van der Waals surface area contributed by atoms with E-state index in [1.54, 1.807) is 7.11 Å². The normalized spacial score (nSPS) is 23.5. The lowest BCUT2D eigenvalue weighted by molar-refractivity contribution is 0.382. The number of ether oxygens (including phenoxy) is 1. The molecule has 2 atom stereocenters. The fourth-order valence-electron chi connectivity index (χ4n) is 3.18. The topological polar surface area (TPSA) is 21.3 Å². The first-order chi connectivity index (χ1) is 9.28. The summed E-state index contributed by atoms with van der Waals surface area (Å²) in [5.74, 6) is 1.61. The Labute approximate surface area is 114 Å². The summed E-state index contributed by atoms with van der Waals surface area (Å²) < 4.78 is 5.31. The molecule has 2 aromatic carbocycles. The minimum absolute atomic E-state index is 0.618. The molecule has 2 unspecified atom stereocenters. The van der Waals surface area contributed by atoms with Gasteiger partial charge in [-0.05, 0) is 60.7 Å². The van der Waals surface area contributed by atoms with Crippen molar-refractivity contribution in [1.29, 1.82) is 0 Å². The van der Waals surface area contributed by atoms with E-state index in [0.29, 0.717) is 12.0 Å². The summed E-state index contributed by atoms with van der Waals surface area (Å²) in [6.07, 6.45) is 2.46. The third-order valence-electron chi connectivity index (χ3n) is 4.18. The third-order valence-corrected chi connectivity index (χ3v) is 4.18. The molecule has 0 bridgehead atoms. The zero-order valence-electron chi connectivity index (χ0n) is 11.6. The van der Waals surface area contributed by atoms with Crippen molar-refractivity contribution in [1.82, 2.24) is 5.32 Å². The molecule has 2 nitrogen and oxygen atoms in total. The van der Waals surface area contributed by atoms with E-state index in [2.05, 4.69) is 48.6 Å². The van der Waals surface area contributed by atoms with Gasteiger partial charge < -0.3 is 10.1 Å². The molecule has 1 aliphatic rings. The second-order valence-electron chi connectivity index (χ2n) is 5.51. The summed E-state index contributed by atoms with van der Waals surface area (Å²) in [5, 5.41) is 6.19. The number of hydrogen-bond acceptors (Lipinski definition) is 2. The fraction of sp³-hybridized carbons (Fsp3) is 0.412. The van der Waals surface area contributed by atoms with Crippen molar-refractivity contribution in [2.24, 2.45) is 0 Å². The maximum absolute atomic E-state index is 5.31. The van der Waals surface area contributed by atoms with E-state index in [0.717, 1.165) is 12.3 Å². The minimum atomic E-state index is 0.618. The van der Waals surface area contributed by atoms with Crippen LogP contribution in [-0.2, 0) is 0 Å². The predicted molar refractivity (Wildman–Crippen MR) is 79.9 cm³/mol. The Hall–Kier alpha value is -1.54. The van der Waals surface area contributed by atoms with Crippen molar-refractivity contribution in [2.45, 2.75) is 31.7 Å². The van der Waals surface area contributed by atoms with E-state index in [4.69, 9.17) is 4.74 Å². The molecule has 0 aliphatic carbocycles. The highest BCUT2D eigenvalue weighted by Crippen LogP contribution is 2.34. The van der Waals surface area contributed by atoms with Crippen molar-refractivity contribution in [3.05, 3.63) is 42.0 Å². The number of hydrogen-bond donors (Lipinski definition) is 1. The van der Waals surface area contributed by atoms with Crippen LogP contribution in [0.5, 0.6) is 5.75 Å². The lowest BCUT2D eigenvalue weighted by atomic mass is 9.84. The largest absolute Gasteiger partial charge is 0.497 e. The molecule has 0 radical (unpaired) electrons. The Morgan fingerprint density at radius 2 is 2.11 bits per heavy atom. The molecule has 100 valence electrons. The van der Waals surface area contributed by atoms with Gasteiger partial charge in [0.2, 0.25) is 0 Å². The highest BCUT2D eigenvalue weighted by molar-refractivity contribution is 5.87. The zero-order chi connectivity index (χ0) is 13.2. The van der Waals surface area contributed by atoms with Gasteiger partial charge in [0.15, 0.2) is 0 Å². The number of methoxy groups -OCH3 is 1. The first-order valence-corrected chi connectivity index (χ1v) is 7.08. The van der Waals surface area contributed by atoms with Crippen LogP contribution in [0.1, 0.15) is 31.2 Å². The lowest BCUT2D eigenvalue weighted by Crippen LogP contribution is -2.34. The first-order valence-electron chi connectivity index (χ1n) is 7.08. The average Bonchev–Trinajstić information content (AvgIpc) is 2.46. The van der Waals surface area contributed by atoms with E-state index in [9.17, 15) is 0 Å². The molecule has 1 fully saturated rings. The summed E-state index contributed by atoms with van der Waals surface area (Å²) in [4.78, 5) is 0. The second kappa shape index (κ2) is 5.22. The van der Waals surface area contributed by atoms with Gasteiger partial charge in [0.1, 0.15) is 5.75 Å². The summed E-state index contributed by atoms with van der Waals surface area (Å²) in [7, 11) is 1.72. The number of fused-ring (bicyclic) bond motifs is 1. The van der Waals surface area contributed by atoms with Crippen LogP contribution in [0.25, 0.3) is 10.8 Å². The van der Waals surface area contributed by atoms with Gasteiger partial charge in [-0.2, -0.15) is 0 Å². The number of benzene rings is 2. The molecule has 0 saturated carbocycles. The number of nitrogens with one attached hydrogen (secondary N) is 1. The molecule has 3 rings (SSSR count). The van der Waals surface area contributed by atoms with Gasteiger partial charge >= 0.3 is 0 Å². The first kappa shape index (κ1) is 12.5. The Bertz CT molecular complexity index is 578. The van der Waals surface area contributed by atoms with Crippen LogP contribution in [0, 0.1) is 0 Å². The number of piperidine rings is 1. The minimum Gasteiger partial charge on any atom is -0.497 e. The highest BCUT2D eigenvalue weighted by Gasteiger charge is 2.21. The third kappa shape index (κ3) is 2.45. The number of rotatable bonds is 2. The summed E-state index contributed by atoms with van der Waals surface area (Å²) in [5.41, 5.74) is 1.49. The molecule has 0 aromatic heterocycles. The van der Waals surface area contributed by atoms with Gasteiger partial charge in [-0.15, -0.1) is 0 Å². The average molecular weight is 255 g/mol. The van der Waals surface area contributed by atoms with Gasteiger partial charge in [0.05, 0.1) is 7.11 Å². The van der Waals surface area contributed by atoms with Gasteiger partial charge in [-0.3, -0.25) is 0 Å². The van der Waals surface area contributed by atoms with Crippen molar-refractivity contribution >= 4 is 10.8 Å². The molecule has 0 amide bonds. The van der Waals surface area contributed by atoms with Gasteiger partial charge in [-0.1, -0.05) is 24.3 Å². The van der Waals surface area contributed by atoms with Gasteiger partial charge in [0.25, 0.3) is 0 Å². The van der Waals surface area contributed by atoms with Crippen LogP contribution >= 0.6 is 0 Å². The molecule has 19 heavy (non-hydrogen) atoms. The van der Waals surface area contributed by atoms with E-state index < -0.39 is 0 Å². The SMILES string of the molecule is COc1ccc2c(C3CCNC(C)C3)cccc2c1. The van der Waals surface area contributed by atoms with Crippen LogP contribution in [0.3, 0.4) is 0 Å². The summed E-state index contributed by atoms with van der Waals surface area (Å²) in [6.45, 7) is 3.40. The molecule has 1 aliphatic heterocycles. The quantitative estimate of drug-likeness (QED) is 0.883. The molecule has 1 N–H and O–H groups in total. The van der Waals surface area contributed by atoms with E-state index >= 15 is 0 Å². The van der Waals surface area contributed by atoms with E-state index in [1.807, 2.05) is 0 Å². The summed E-state index contributed by atoms with van der Waals surface area (Å²) >= 11 is 0. The molecule has 1 saturated heterocycles. The standard InChI is InChI=1S/C17H21NO/c1-12-10-14(8-9-18-12)16-5-3-4-13-11-15(19-2)6-7-17(13)16/h3-7,11-12,14,18H,8-10H2,1-2H3. The van der Waals surface area contributed by atoms with Crippen molar-refractivity contribution < 1.29 is 4.74 Å². The van der Waals surface area contributed by atoms with Crippen LogP contribution in [0.4, 0.5) is 0 Å². The Morgan fingerprint density at radius 1 is 1.21 bits per heavy atom.